The molecule has 0 aromatic carbocycles. The summed E-state index contributed by atoms with van der Waals surface area (Å²) in [5.74, 6) is -0.748. The highest BCUT2D eigenvalue weighted by molar-refractivity contribution is 5.70. The maximum atomic E-state index is 10.7. The van der Waals surface area contributed by atoms with Gasteiger partial charge < -0.3 is 9.84 Å². The summed E-state index contributed by atoms with van der Waals surface area (Å²) in [5, 5.41) is 8.79. The average Bonchev–Trinajstić information content (AvgIpc) is 2.02. The molecule has 0 saturated carbocycles. The van der Waals surface area contributed by atoms with Crippen LogP contribution < -0.4 is 0 Å². The van der Waals surface area contributed by atoms with Gasteiger partial charge in [0.25, 0.3) is 0 Å². The molecular weight excluding hydrogens is 170 g/mol. The molecule has 0 bridgehead atoms. The van der Waals surface area contributed by atoms with E-state index in [9.17, 15) is 4.79 Å². The second kappa shape index (κ2) is 3.64. The van der Waals surface area contributed by atoms with Gasteiger partial charge in [0.15, 0.2) is 0 Å². The summed E-state index contributed by atoms with van der Waals surface area (Å²) in [6, 6.07) is 0.565. The molecule has 0 unspecified atom stereocenters. The van der Waals surface area contributed by atoms with Gasteiger partial charge in [-0.1, -0.05) is 0 Å². The van der Waals surface area contributed by atoms with Gasteiger partial charge in [-0.05, 0) is 25.9 Å². The van der Waals surface area contributed by atoms with Crippen LogP contribution in [0.3, 0.4) is 0 Å². The first-order chi connectivity index (χ1) is 6.27. The lowest BCUT2D eigenvalue weighted by Gasteiger charge is -2.40. The molecule has 4 heteroatoms. The normalized spacial score (nSPS) is 27.1. The van der Waals surface area contributed by atoms with Crippen LogP contribution >= 0.6 is 0 Å². The Labute approximate surface area is 77.5 Å². The predicted octanol–water partition coefficient (Wildman–Crippen LogP) is 0.182. The largest absolute Gasteiger partial charge is 0.481 e. The molecule has 2 rings (SSSR count). The van der Waals surface area contributed by atoms with E-state index in [0.29, 0.717) is 6.04 Å². The number of hydrogen-bond acceptors (Lipinski definition) is 3. The van der Waals surface area contributed by atoms with Gasteiger partial charge in [0.2, 0.25) is 0 Å². The Morgan fingerprint density at radius 2 is 1.92 bits per heavy atom. The van der Waals surface area contributed by atoms with Crippen molar-refractivity contribution >= 4 is 5.97 Å². The van der Waals surface area contributed by atoms with Crippen molar-refractivity contribution in [2.75, 3.05) is 26.3 Å². The number of hydrogen-bond donors (Lipinski definition) is 1. The maximum absolute atomic E-state index is 10.7. The van der Waals surface area contributed by atoms with Gasteiger partial charge in [-0.15, -0.1) is 0 Å². The van der Waals surface area contributed by atoms with Crippen molar-refractivity contribution in [1.29, 1.82) is 0 Å². The third-order valence-corrected chi connectivity index (χ3v) is 3.02. The van der Waals surface area contributed by atoms with Gasteiger partial charge >= 0.3 is 5.97 Å². The van der Waals surface area contributed by atoms with Gasteiger partial charge in [0, 0.05) is 0 Å². The lowest BCUT2D eigenvalue weighted by molar-refractivity contribution is -0.144. The van der Waals surface area contributed by atoms with Crippen LogP contribution in [0, 0.1) is 5.92 Å². The Balaban J connectivity index is 1.78. The fourth-order valence-corrected chi connectivity index (χ4v) is 1.95. The Morgan fingerprint density at radius 1 is 1.31 bits per heavy atom. The molecule has 0 atom stereocenters. The minimum Gasteiger partial charge on any atom is -0.481 e. The van der Waals surface area contributed by atoms with E-state index in [-0.39, 0.29) is 5.92 Å². The predicted molar refractivity (Wildman–Crippen MR) is 46.5 cm³/mol. The van der Waals surface area contributed by atoms with Crippen LogP contribution in [-0.2, 0) is 9.53 Å². The zero-order valence-corrected chi connectivity index (χ0v) is 7.61. The SMILES string of the molecule is O=C(O)C1CCN(C2COC2)CC1. The van der Waals surface area contributed by atoms with Crippen molar-refractivity contribution in [3.63, 3.8) is 0 Å². The van der Waals surface area contributed by atoms with Gasteiger partial charge in [0.05, 0.1) is 25.2 Å². The van der Waals surface area contributed by atoms with Crippen molar-refractivity contribution in [1.82, 2.24) is 4.90 Å². The molecule has 0 aromatic rings. The molecule has 2 heterocycles. The van der Waals surface area contributed by atoms with Crippen LogP contribution in [0.1, 0.15) is 12.8 Å². The lowest BCUT2D eigenvalue weighted by Crippen LogP contribution is -2.52. The van der Waals surface area contributed by atoms with Crippen molar-refractivity contribution < 1.29 is 14.6 Å². The molecule has 0 aliphatic carbocycles. The standard InChI is InChI=1S/C9H15NO3/c11-9(12)7-1-3-10(4-2-7)8-5-13-6-8/h7-8H,1-6H2,(H,11,12). The van der Waals surface area contributed by atoms with Gasteiger partial charge in [-0.2, -0.15) is 0 Å². The molecular formula is C9H15NO3. The summed E-state index contributed by atoms with van der Waals surface area (Å²) in [6.07, 6.45) is 1.59. The van der Waals surface area contributed by atoms with E-state index in [1.807, 2.05) is 0 Å². The highest BCUT2D eigenvalue weighted by Crippen LogP contribution is 2.21. The maximum Gasteiger partial charge on any atom is 0.306 e. The van der Waals surface area contributed by atoms with E-state index in [2.05, 4.69) is 4.90 Å². The van der Waals surface area contributed by atoms with Crippen LogP contribution in [0.4, 0.5) is 0 Å². The zero-order chi connectivity index (χ0) is 9.26. The minimum absolute atomic E-state index is 0.114. The number of likely N-dealkylation sites (tertiary alicyclic amines) is 1. The van der Waals surface area contributed by atoms with Gasteiger partial charge in [-0.3, -0.25) is 9.69 Å². The highest BCUT2D eigenvalue weighted by Gasteiger charge is 2.31. The van der Waals surface area contributed by atoms with Crippen LogP contribution in [0.5, 0.6) is 0 Å². The molecule has 2 aliphatic rings. The monoisotopic (exact) mass is 185 g/mol. The quantitative estimate of drug-likeness (QED) is 0.667. The Kier molecular flexibility index (Phi) is 2.51. The minimum atomic E-state index is -0.635. The molecule has 74 valence electrons. The van der Waals surface area contributed by atoms with Gasteiger partial charge in [-0.25, -0.2) is 0 Å². The Hall–Kier alpha value is -0.610. The zero-order valence-electron chi connectivity index (χ0n) is 7.61. The molecule has 2 saturated heterocycles. The van der Waals surface area contributed by atoms with E-state index in [4.69, 9.17) is 9.84 Å². The first kappa shape index (κ1) is 8.97. The lowest BCUT2D eigenvalue weighted by atomic mass is 9.96. The molecule has 4 nitrogen and oxygen atoms in total. The van der Waals surface area contributed by atoms with E-state index >= 15 is 0 Å². The second-order valence-corrected chi connectivity index (χ2v) is 3.84. The smallest absolute Gasteiger partial charge is 0.306 e. The fraction of sp³-hybridized carbons (Fsp3) is 0.889. The molecule has 13 heavy (non-hydrogen) atoms. The molecule has 0 aromatic heterocycles. The summed E-state index contributed by atoms with van der Waals surface area (Å²) in [5.41, 5.74) is 0. The fourth-order valence-electron chi connectivity index (χ4n) is 1.95. The second-order valence-electron chi connectivity index (χ2n) is 3.84. The summed E-state index contributed by atoms with van der Waals surface area (Å²) < 4.78 is 5.10. The molecule has 2 fully saturated rings. The van der Waals surface area contributed by atoms with E-state index in [0.717, 1.165) is 39.1 Å². The van der Waals surface area contributed by atoms with Gasteiger partial charge in [0.1, 0.15) is 0 Å². The number of carbonyl (C=O) groups is 1. The first-order valence-corrected chi connectivity index (χ1v) is 4.82. The molecule has 0 spiro atoms. The number of nitrogens with zero attached hydrogens (tertiary/aromatic N) is 1. The number of carboxylic acid groups (broad SMARTS) is 1. The van der Waals surface area contributed by atoms with E-state index in [1.165, 1.54) is 0 Å². The number of rotatable bonds is 2. The Bertz CT molecular complexity index is 195. The van der Waals surface area contributed by atoms with Crippen molar-refractivity contribution in [2.24, 2.45) is 5.92 Å². The number of piperidine rings is 1. The van der Waals surface area contributed by atoms with Crippen LogP contribution in [0.2, 0.25) is 0 Å². The Morgan fingerprint density at radius 3 is 2.31 bits per heavy atom. The third-order valence-electron chi connectivity index (χ3n) is 3.02. The molecule has 2 aliphatic heterocycles. The molecule has 0 radical (unpaired) electrons. The van der Waals surface area contributed by atoms with Crippen molar-refractivity contribution in [3.05, 3.63) is 0 Å². The number of aliphatic carboxylic acids is 1. The highest BCUT2D eigenvalue weighted by atomic mass is 16.5. The van der Waals surface area contributed by atoms with Crippen LogP contribution in [-0.4, -0.2) is 48.3 Å². The van der Waals surface area contributed by atoms with Crippen molar-refractivity contribution in [3.8, 4) is 0 Å². The number of carboxylic acids is 1. The summed E-state index contributed by atoms with van der Waals surface area (Å²) in [6.45, 7) is 3.51. The van der Waals surface area contributed by atoms with Crippen molar-refractivity contribution in [2.45, 2.75) is 18.9 Å². The summed E-state index contributed by atoms with van der Waals surface area (Å²) in [4.78, 5) is 13.0. The van der Waals surface area contributed by atoms with Crippen LogP contribution in [0.15, 0.2) is 0 Å². The third kappa shape index (κ3) is 1.84. The first-order valence-electron chi connectivity index (χ1n) is 4.82. The summed E-state index contributed by atoms with van der Waals surface area (Å²) in [7, 11) is 0. The number of ether oxygens (including phenoxy) is 1. The van der Waals surface area contributed by atoms with E-state index < -0.39 is 5.97 Å². The summed E-state index contributed by atoms with van der Waals surface area (Å²) >= 11 is 0. The topological polar surface area (TPSA) is 49.8 Å². The van der Waals surface area contributed by atoms with E-state index in [1.54, 1.807) is 0 Å². The molecule has 0 amide bonds. The van der Waals surface area contributed by atoms with Crippen LogP contribution in [0.25, 0.3) is 0 Å². The average molecular weight is 185 g/mol. The molecule has 1 N–H and O–H groups in total.